The van der Waals surface area contributed by atoms with Crippen LogP contribution in [0.25, 0.3) is 0 Å². The van der Waals surface area contributed by atoms with E-state index < -0.39 is 0 Å². The highest BCUT2D eigenvalue weighted by Crippen LogP contribution is 2.28. The van der Waals surface area contributed by atoms with Crippen molar-refractivity contribution in [1.82, 2.24) is 5.32 Å². The second kappa shape index (κ2) is 4.30. The van der Waals surface area contributed by atoms with Crippen LogP contribution in [0.2, 0.25) is 5.02 Å². The Labute approximate surface area is 89.2 Å². The Morgan fingerprint density at radius 2 is 2.43 bits per heavy atom. The zero-order chi connectivity index (χ0) is 9.97. The van der Waals surface area contributed by atoms with Crippen LogP contribution in [0.15, 0.2) is 18.2 Å². The minimum Gasteiger partial charge on any atom is -0.372 e. The fourth-order valence-electron chi connectivity index (χ4n) is 1.86. The monoisotopic (exact) mass is 211 g/mol. The first kappa shape index (κ1) is 9.97. The Kier molecular flexibility index (Phi) is 3.06. The molecule has 0 saturated heterocycles. The first-order chi connectivity index (χ1) is 6.81. The lowest BCUT2D eigenvalue weighted by Gasteiger charge is -2.26. The van der Waals surface area contributed by atoms with Gasteiger partial charge in [0.15, 0.2) is 0 Å². The third-order valence-electron chi connectivity index (χ3n) is 2.53. The van der Waals surface area contributed by atoms with Gasteiger partial charge in [0.1, 0.15) is 0 Å². The molecule has 0 aromatic heterocycles. The molecule has 3 heteroatoms. The van der Waals surface area contributed by atoms with Crippen molar-refractivity contribution in [2.75, 3.05) is 20.2 Å². The molecule has 0 unspecified atom stereocenters. The summed E-state index contributed by atoms with van der Waals surface area (Å²) in [5.41, 5.74) is 2.60. The number of hydrogen-bond donors (Lipinski definition) is 1. The van der Waals surface area contributed by atoms with Gasteiger partial charge < -0.3 is 10.1 Å². The number of halogens is 1. The van der Waals surface area contributed by atoms with Crippen molar-refractivity contribution in [3.63, 3.8) is 0 Å². The molecule has 2 rings (SSSR count). The highest BCUT2D eigenvalue weighted by molar-refractivity contribution is 6.30. The van der Waals surface area contributed by atoms with Crippen LogP contribution in [-0.4, -0.2) is 20.2 Å². The van der Waals surface area contributed by atoms with Gasteiger partial charge in [-0.3, -0.25) is 0 Å². The molecule has 1 aliphatic rings. The summed E-state index contributed by atoms with van der Waals surface area (Å²) in [6.45, 7) is 1.65. The molecular formula is C11H14ClNO. The van der Waals surface area contributed by atoms with Gasteiger partial charge in [-0.05, 0) is 36.7 Å². The second-order valence-corrected chi connectivity index (χ2v) is 3.95. The Morgan fingerprint density at radius 1 is 1.57 bits per heavy atom. The van der Waals surface area contributed by atoms with E-state index in [1.165, 1.54) is 11.1 Å². The molecule has 1 aromatic carbocycles. The minimum atomic E-state index is 0.181. The van der Waals surface area contributed by atoms with Gasteiger partial charge >= 0.3 is 0 Å². The van der Waals surface area contributed by atoms with Crippen LogP contribution >= 0.6 is 11.6 Å². The summed E-state index contributed by atoms with van der Waals surface area (Å²) < 4.78 is 5.68. The standard InChI is InChI=1S/C11H14ClNO/c1-13-7-11-10-3-2-9(12)6-8(10)4-5-14-11/h2-3,6,11,13H,4-5,7H2,1H3/t11-/m0/s1. The first-order valence-electron chi connectivity index (χ1n) is 4.86. The molecule has 76 valence electrons. The third-order valence-corrected chi connectivity index (χ3v) is 2.77. The van der Waals surface area contributed by atoms with Gasteiger partial charge in [0.25, 0.3) is 0 Å². The highest BCUT2D eigenvalue weighted by Gasteiger charge is 2.19. The molecule has 0 aliphatic carbocycles. The lowest BCUT2D eigenvalue weighted by molar-refractivity contribution is 0.0438. The number of fused-ring (bicyclic) bond motifs is 1. The van der Waals surface area contributed by atoms with Gasteiger partial charge in [-0.25, -0.2) is 0 Å². The van der Waals surface area contributed by atoms with E-state index in [-0.39, 0.29) is 6.10 Å². The van der Waals surface area contributed by atoms with Crippen molar-refractivity contribution in [2.24, 2.45) is 0 Å². The molecule has 0 radical (unpaired) electrons. The van der Waals surface area contributed by atoms with Gasteiger partial charge in [0.05, 0.1) is 12.7 Å². The molecule has 14 heavy (non-hydrogen) atoms. The van der Waals surface area contributed by atoms with Crippen molar-refractivity contribution >= 4 is 11.6 Å². The Bertz CT molecular complexity index is 327. The quantitative estimate of drug-likeness (QED) is 0.810. The van der Waals surface area contributed by atoms with Crippen LogP contribution in [-0.2, 0) is 11.2 Å². The largest absolute Gasteiger partial charge is 0.372 e. The van der Waals surface area contributed by atoms with E-state index in [0.717, 1.165) is 24.6 Å². The maximum atomic E-state index is 5.94. The van der Waals surface area contributed by atoms with Gasteiger partial charge in [-0.2, -0.15) is 0 Å². The smallest absolute Gasteiger partial charge is 0.0951 e. The van der Waals surface area contributed by atoms with E-state index in [1.807, 2.05) is 19.2 Å². The fraction of sp³-hybridized carbons (Fsp3) is 0.455. The van der Waals surface area contributed by atoms with Crippen LogP contribution in [0.1, 0.15) is 17.2 Å². The van der Waals surface area contributed by atoms with Gasteiger partial charge in [-0.1, -0.05) is 17.7 Å². The fourth-order valence-corrected chi connectivity index (χ4v) is 2.05. The third kappa shape index (κ3) is 1.92. The molecule has 1 aromatic rings. The van der Waals surface area contributed by atoms with Gasteiger partial charge in [0.2, 0.25) is 0 Å². The Hall–Kier alpha value is -0.570. The topological polar surface area (TPSA) is 21.3 Å². The van der Waals surface area contributed by atoms with E-state index in [1.54, 1.807) is 0 Å². The summed E-state index contributed by atoms with van der Waals surface area (Å²) in [4.78, 5) is 0. The molecule has 0 fully saturated rings. The Balaban J connectivity index is 2.30. The lowest BCUT2D eigenvalue weighted by Crippen LogP contribution is -2.25. The summed E-state index contributed by atoms with van der Waals surface area (Å²) in [6.07, 6.45) is 1.15. The van der Waals surface area contributed by atoms with Crippen molar-refractivity contribution in [3.05, 3.63) is 34.3 Å². The molecule has 1 atom stereocenters. The highest BCUT2D eigenvalue weighted by atomic mass is 35.5. The van der Waals surface area contributed by atoms with Crippen LogP contribution in [0, 0.1) is 0 Å². The number of likely N-dealkylation sites (N-methyl/N-ethyl adjacent to an activating group) is 1. The van der Waals surface area contributed by atoms with Crippen LogP contribution in [0.3, 0.4) is 0 Å². The van der Waals surface area contributed by atoms with E-state index in [4.69, 9.17) is 16.3 Å². The molecule has 1 heterocycles. The maximum Gasteiger partial charge on any atom is 0.0951 e. The van der Waals surface area contributed by atoms with Crippen molar-refractivity contribution in [3.8, 4) is 0 Å². The summed E-state index contributed by atoms with van der Waals surface area (Å²) in [6, 6.07) is 6.04. The number of hydrogen-bond acceptors (Lipinski definition) is 2. The number of rotatable bonds is 2. The molecule has 2 nitrogen and oxygen atoms in total. The van der Waals surface area contributed by atoms with E-state index in [0.29, 0.717) is 0 Å². The summed E-state index contributed by atoms with van der Waals surface area (Å²) in [7, 11) is 1.94. The summed E-state index contributed by atoms with van der Waals surface area (Å²) in [5.74, 6) is 0. The normalized spacial score (nSPS) is 20.6. The molecule has 0 saturated carbocycles. The van der Waals surface area contributed by atoms with E-state index in [2.05, 4.69) is 11.4 Å². The van der Waals surface area contributed by atoms with Crippen molar-refractivity contribution in [2.45, 2.75) is 12.5 Å². The van der Waals surface area contributed by atoms with E-state index >= 15 is 0 Å². The number of nitrogens with one attached hydrogen (secondary N) is 1. The summed E-state index contributed by atoms with van der Waals surface area (Å²) >= 11 is 5.94. The minimum absolute atomic E-state index is 0.181. The molecular weight excluding hydrogens is 198 g/mol. The zero-order valence-electron chi connectivity index (χ0n) is 8.22. The summed E-state index contributed by atoms with van der Waals surface area (Å²) in [5, 5.41) is 3.95. The average molecular weight is 212 g/mol. The molecule has 1 N–H and O–H groups in total. The average Bonchev–Trinajstić information content (AvgIpc) is 2.18. The van der Waals surface area contributed by atoms with E-state index in [9.17, 15) is 0 Å². The molecule has 1 aliphatic heterocycles. The van der Waals surface area contributed by atoms with Crippen molar-refractivity contribution in [1.29, 1.82) is 0 Å². The predicted molar refractivity (Wildman–Crippen MR) is 57.8 cm³/mol. The Morgan fingerprint density at radius 3 is 3.21 bits per heavy atom. The van der Waals surface area contributed by atoms with Crippen molar-refractivity contribution < 1.29 is 4.74 Å². The molecule has 0 bridgehead atoms. The molecule has 0 amide bonds. The van der Waals surface area contributed by atoms with Crippen LogP contribution in [0.4, 0.5) is 0 Å². The molecule has 0 spiro atoms. The first-order valence-corrected chi connectivity index (χ1v) is 5.23. The predicted octanol–water partition coefficient (Wildman–Crippen LogP) is 2.17. The second-order valence-electron chi connectivity index (χ2n) is 3.51. The number of benzene rings is 1. The van der Waals surface area contributed by atoms with Gasteiger partial charge in [-0.15, -0.1) is 0 Å². The lowest BCUT2D eigenvalue weighted by atomic mass is 9.97. The SMILES string of the molecule is CNC[C@@H]1OCCc2cc(Cl)ccc21. The number of ether oxygens (including phenoxy) is 1. The van der Waals surface area contributed by atoms with Crippen LogP contribution in [0.5, 0.6) is 0 Å². The zero-order valence-corrected chi connectivity index (χ0v) is 8.97. The van der Waals surface area contributed by atoms with Gasteiger partial charge in [0, 0.05) is 11.6 Å². The van der Waals surface area contributed by atoms with Crippen LogP contribution < -0.4 is 5.32 Å². The maximum absolute atomic E-state index is 5.94.